The van der Waals surface area contributed by atoms with E-state index in [1.54, 1.807) is 0 Å². The second-order valence-corrected chi connectivity index (χ2v) is 5.32. The Morgan fingerprint density at radius 2 is 2.32 bits per heavy atom. The predicted octanol–water partition coefficient (Wildman–Crippen LogP) is 2.60. The van der Waals surface area contributed by atoms with Crippen LogP contribution in [-0.4, -0.2) is 22.1 Å². The maximum Gasteiger partial charge on any atom is 0.337 e. The molecule has 0 saturated heterocycles. The van der Waals surface area contributed by atoms with E-state index in [1.165, 1.54) is 25.1 Å². The van der Waals surface area contributed by atoms with Gasteiger partial charge in [0.25, 0.3) is 0 Å². The lowest BCUT2D eigenvalue weighted by Gasteiger charge is -2.22. The minimum atomic E-state index is -0.978. The summed E-state index contributed by atoms with van der Waals surface area (Å²) < 4.78 is 0. The molecule has 2 rings (SSSR count). The fourth-order valence-electron chi connectivity index (χ4n) is 2.99. The van der Waals surface area contributed by atoms with Gasteiger partial charge in [0.1, 0.15) is 5.82 Å². The Bertz CT molecular complexity index is 476. The van der Waals surface area contributed by atoms with Crippen LogP contribution in [0.3, 0.4) is 0 Å². The lowest BCUT2D eigenvalue weighted by molar-refractivity contribution is 0.0698. The van der Waals surface area contributed by atoms with Crippen LogP contribution >= 0.6 is 0 Å². The molecule has 1 heterocycles. The first-order valence-electron chi connectivity index (χ1n) is 6.78. The van der Waals surface area contributed by atoms with Gasteiger partial charge in [0.2, 0.25) is 0 Å². The molecule has 1 aromatic rings. The van der Waals surface area contributed by atoms with Crippen LogP contribution in [0.2, 0.25) is 0 Å². The molecule has 1 fully saturated rings. The molecule has 1 aliphatic carbocycles. The van der Waals surface area contributed by atoms with Crippen molar-refractivity contribution in [1.29, 1.82) is 0 Å². The van der Waals surface area contributed by atoms with E-state index in [0.717, 1.165) is 6.42 Å². The maximum atomic E-state index is 11.2. The van der Waals surface area contributed by atoms with Crippen molar-refractivity contribution in [2.45, 2.75) is 39.2 Å². The minimum Gasteiger partial charge on any atom is -0.478 e. The van der Waals surface area contributed by atoms with Crippen molar-refractivity contribution in [3.05, 3.63) is 17.8 Å². The molecule has 4 N–H and O–H groups in total. The third-order valence-electron chi connectivity index (χ3n) is 4.25. The van der Waals surface area contributed by atoms with Gasteiger partial charge in [-0.25, -0.2) is 9.78 Å². The third-order valence-corrected chi connectivity index (χ3v) is 4.25. The molecule has 0 aromatic carbocycles. The lowest BCUT2D eigenvalue weighted by atomic mass is 9.93. The number of nitrogens with two attached hydrogens (primary N) is 1. The van der Waals surface area contributed by atoms with Gasteiger partial charge in [-0.1, -0.05) is 20.3 Å². The minimum absolute atomic E-state index is 0.194. The van der Waals surface area contributed by atoms with Crippen LogP contribution in [0.4, 0.5) is 11.5 Å². The van der Waals surface area contributed by atoms with Crippen molar-refractivity contribution in [3.63, 3.8) is 0 Å². The van der Waals surface area contributed by atoms with E-state index in [9.17, 15) is 9.90 Å². The van der Waals surface area contributed by atoms with E-state index in [-0.39, 0.29) is 11.4 Å². The molecule has 0 radical (unpaired) electrons. The van der Waals surface area contributed by atoms with E-state index < -0.39 is 5.97 Å². The largest absolute Gasteiger partial charge is 0.478 e. The molecule has 3 unspecified atom stereocenters. The molecule has 5 heteroatoms. The first-order valence-corrected chi connectivity index (χ1v) is 6.78. The maximum absolute atomic E-state index is 11.2. The SMILES string of the molecule is CCC1CCC(Nc2cnc(N)cc2C(=O)O)C1C. The number of hydrogen-bond acceptors (Lipinski definition) is 4. The predicted molar refractivity (Wildman–Crippen MR) is 75.2 cm³/mol. The second kappa shape index (κ2) is 5.47. The lowest BCUT2D eigenvalue weighted by Crippen LogP contribution is -2.25. The Morgan fingerprint density at radius 3 is 2.89 bits per heavy atom. The van der Waals surface area contributed by atoms with E-state index in [0.29, 0.717) is 23.6 Å². The molecule has 0 bridgehead atoms. The normalized spacial score (nSPS) is 26.3. The zero-order valence-electron chi connectivity index (χ0n) is 11.4. The molecule has 1 aliphatic rings. The highest BCUT2D eigenvalue weighted by molar-refractivity contribution is 5.94. The molecular formula is C14H21N3O2. The van der Waals surface area contributed by atoms with Gasteiger partial charge >= 0.3 is 5.97 Å². The average Bonchev–Trinajstić information content (AvgIpc) is 2.72. The third kappa shape index (κ3) is 2.80. The zero-order valence-corrected chi connectivity index (χ0v) is 11.4. The molecule has 104 valence electrons. The Kier molecular flexibility index (Phi) is 3.93. The number of carboxylic acid groups (broad SMARTS) is 1. The number of carbonyl (C=O) groups is 1. The molecule has 1 aromatic heterocycles. The summed E-state index contributed by atoms with van der Waals surface area (Å²) >= 11 is 0. The highest BCUT2D eigenvalue weighted by Gasteiger charge is 2.32. The Balaban J connectivity index is 2.18. The summed E-state index contributed by atoms with van der Waals surface area (Å²) in [5.74, 6) is 0.514. The molecular weight excluding hydrogens is 242 g/mol. The topological polar surface area (TPSA) is 88.2 Å². The van der Waals surface area contributed by atoms with Gasteiger partial charge < -0.3 is 16.2 Å². The fraction of sp³-hybridized carbons (Fsp3) is 0.571. The molecule has 19 heavy (non-hydrogen) atoms. The molecule has 1 saturated carbocycles. The van der Waals surface area contributed by atoms with Crippen LogP contribution in [0.15, 0.2) is 12.3 Å². The van der Waals surface area contributed by atoms with Crippen molar-refractivity contribution in [1.82, 2.24) is 4.98 Å². The van der Waals surface area contributed by atoms with Gasteiger partial charge in [0.15, 0.2) is 0 Å². The van der Waals surface area contributed by atoms with Gasteiger partial charge in [-0.05, 0) is 30.7 Å². The smallest absolute Gasteiger partial charge is 0.337 e. The van der Waals surface area contributed by atoms with Crippen LogP contribution in [0.25, 0.3) is 0 Å². The van der Waals surface area contributed by atoms with E-state index in [4.69, 9.17) is 5.73 Å². The number of carboxylic acids is 1. The number of anilines is 2. The molecule has 0 spiro atoms. The quantitative estimate of drug-likeness (QED) is 0.777. The Morgan fingerprint density at radius 1 is 1.58 bits per heavy atom. The van der Waals surface area contributed by atoms with Crippen molar-refractivity contribution in [3.8, 4) is 0 Å². The van der Waals surface area contributed by atoms with Crippen molar-refractivity contribution in [2.24, 2.45) is 11.8 Å². The van der Waals surface area contributed by atoms with Gasteiger partial charge in [-0.2, -0.15) is 0 Å². The molecule has 0 amide bonds. The highest BCUT2D eigenvalue weighted by atomic mass is 16.4. The van der Waals surface area contributed by atoms with Gasteiger partial charge in [0.05, 0.1) is 17.4 Å². The molecule has 0 aliphatic heterocycles. The summed E-state index contributed by atoms with van der Waals surface area (Å²) in [7, 11) is 0. The molecule has 5 nitrogen and oxygen atoms in total. The number of nitrogens with one attached hydrogen (secondary N) is 1. The average molecular weight is 263 g/mol. The first-order chi connectivity index (χ1) is 9.02. The van der Waals surface area contributed by atoms with Crippen LogP contribution in [0.1, 0.15) is 43.5 Å². The summed E-state index contributed by atoms with van der Waals surface area (Å²) in [6.45, 7) is 4.43. The number of rotatable bonds is 4. The number of aromatic nitrogens is 1. The van der Waals surface area contributed by atoms with Crippen LogP contribution in [0, 0.1) is 11.8 Å². The van der Waals surface area contributed by atoms with Crippen LogP contribution in [-0.2, 0) is 0 Å². The number of pyridine rings is 1. The van der Waals surface area contributed by atoms with E-state index in [1.807, 2.05) is 0 Å². The first kappa shape index (κ1) is 13.6. The number of nitrogen functional groups attached to an aromatic ring is 1. The van der Waals surface area contributed by atoms with E-state index in [2.05, 4.69) is 24.1 Å². The van der Waals surface area contributed by atoms with E-state index >= 15 is 0 Å². The van der Waals surface area contributed by atoms with Crippen molar-refractivity contribution >= 4 is 17.5 Å². The summed E-state index contributed by atoms with van der Waals surface area (Å²) in [5.41, 5.74) is 6.30. The summed E-state index contributed by atoms with van der Waals surface area (Å²) in [6, 6.07) is 1.72. The van der Waals surface area contributed by atoms with Gasteiger partial charge in [0, 0.05) is 6.04 Å². The number of hydrogen-bond donors (Lipinski definition) is 3. The van der Waals surface area contributed by atoms with Gasteiger partial charge in [-0.3, -0.25) is 0 Å². The zero-order chi connectivity index (χ0) is 14.0. The highest BCUT2D eigenvalue weighted by Crippen LogP contribution is 2.36. The summed E-state index contributed by atoms with van der Waals surface area (Å²) in [6.07, 6.45) is 4.96. The monoisotopic (exact) mass is 263 g/mol. The fourth-order valence-corrected chi connectivity index (χ4v) is 2.99. The van der Waals surface area contributed by atoms with Crippen LogP contribution < -0.4 is 11.1 Å². The number of aromatic carboxylic acids is 1. The van der Waals surface area contributed by atoms with Crippen molar-refractivity contribution < 1.29 is 9.90 Å². The van der Waals surface area contributed by atoms with Crippen molar-refractivity contribution in [2.75, 3.05) is 11.1 Å². The molecule has 3 atom stereocenters. The van der Waals surface area contributed by atoms with Crippen LogP contribution in [0.5, 0.6) is 0 Å². The number of nitrogens with zero attached hydrogens (tertiary/aromatic N) is 1. The second-order valence-electron chi connectivity index (χ2n) is 5.32. The Labute approximate surface area is 113 Å². The Hall–Kier alpha value is -1.78. The summed E-state index contributed by atoms with van der Waals surface area (Å²) in [4.78, 5) is 15.2. The standard InChI is InChI=1S/C14H21N3O2/c1-3-9-4-5-11(8(9)2)17-12-7-16-13(15)6-10(12)14(18)19/h6-9,11,17H,3-5H2,1-2H3,(H2,15,16)(H,18,19). The summed E-state index contributed by atoms with van der Waals surface area (Å²) in [5, 5.41) is 12.5. The van der Waals surface area contributed by atoms with Gasteiger partial charge in [-0.15, -0.1) is 0 Å².